The standard InChI is InChI=1S/C22H28N4O3/c1-16(2)25(14-18-9-7-17(13-23)8-10-18)19(27)15-26-20(28)22(24(3)21(26)29)11-5-4-6-12-22/h7-10,16H,4-6,11-12,14-15H2,1-3H3. The maximum atomic E-state index is 13.1. The van der Waals surface area contributed by atoms with E-state index >= 15 is 0 Å². The van der Waals surface area contributed by atoms with Gasteiger partial charge in [0.15, 0.2) is 0 Å². The first-order chi connectivity index (χ1) is 13.8. The van der Waals surface area contributed by atoms with Gasteiger partial charge in [-0.25, -0.2) is 4.79 Å². The Balaban J connectivity index is 1.74. The monoisotopic (exact) mass is 396 g/mol. The van der Waals surface area contributed by atoms with E-state index in [-0.39, 0.29) is 30.4 Å². The molecule has 1 aliphatic heterocycles. The van der Waals surface area contributed by atoms with Gasteiger partial charge in [0, 0.05) is 19.6 Å². The fraction of sp³-hybridized carbons (Fsp3) is 0.545. The highest BCUT2D eigenvalue weighted by molar-refractivity contribution is 6.08. The predicted octanol–water partition coefficient (Wildman–Crippen LogP) is 2.89. The summed E-state index contributed by atoms with van der Waals surface area (Å²) in [5, 5.41) is 8.93. The van der Waals surface area contributed by atoms with Gasteiger partial charge >= 0.3 is 6.03 Å². The molecule has 1 saturated carbocycles. The Morgan fingerprint density at radius 2 is 1.79 bits per heavy atom. The van der Waals surface area contributed by atoms with Crippen LogP contribution in [0.4, 0.5) is 4.79 Å². The minimum atomic E-state index is -0.772. The summed E-state index contributed by atoms with van der Waals surface area (Å²) in [5.74, 6) is -0.493. The van der Waals surface area contributed by atoms with E-state index in [1.165, 1.54) is 0 Å². The number of urea groups is 1. The molecule has 1 saturated heterocycles. The Labute approximate surface area is 171 Å². The number of amides is 4. The summed E-state index contributed by atoms with van der Waals surface area (Å²) < 4.78 is 0. The Morgan fingerprint density at radius 1 is 1.17 bits per heavy atom. The van der Waals surface area contributed by atoms with Crippen LogP contribution in [0.1, 0.15) is 57.1 Å². The molecule has 0 atom stereocenters. The minimum absolute atomic E-state index is 0.0904. The normalized spacial score (nSPS) is 18.4. The molecule has 7 nitrogen and oxygen atoms in total. The van der Waals surface area contributed by atoms with Gasteiger partial charge in [-0.3, -0.25) is 14.5 Å². The molecule has 2 fully saturated rings. The SMILES string of the molecule is CC(C)N(Cc1ccc(C#N)cc1)C(=O)CN1C(=O)N(C)C2(CCCCC2)C1=O. The molecular weight excluding hydrogens is 368 g/mol. The van der Waals surface area contributed by atoms with Gasteiger partial charge in [-0.1, -0.05) is 31.4 Å². The van der Waals surface area contributed by atoms with Gasteiger partial charge in [-0.05, 0) is 44.4 Å². The van der Waals surface area contributed by atoms with Gasteiger partial charge in [-0.2, -0.15) is 5.26 Å². The zero-order valence-electron chi connectivity index (χ0n) is 17.4. The molecule has 2 aliphatic rings. The van der Waals surface area contributed by atoms with Crippen molar-refractivity contribution in [3.63, 3.8) is 0 Å². The second-order valence-corrected chi connectivity index (χ2v) is 8.25. The lowest BCUT2D eigenvalue weighted by atomic mass is 9.81. The van der Waals surface area contributed by atoms with Gasteiger partial charge in [0.2, 0.25) is 5.91 Å². The molecule has 0 bridgehead atoms. The largest absolute Gasteiger partial charge is 0.334 e. The number of likely N-dealkylation sites (N-methyl/N-ethyl adjacent to an activating group) is 1. The van der Waals surface area contributed by atoms with Crippen LogP contribution < -0.4 is 0 Å². The van der Waals surface area contributed by atoms with Crippen molar-refractivity contribution < 1.29 is 14.4 Å². The van der Waals surface area contributed by atoms with Crippen molar-refractivity contribution in [1.82, 2.24) is 14.7 Å². The van der Waals surface area contributed by atoms with Crippen LogP contribution in [0, 0.1) is 11.3 Å². The smallest absolute Gasteiger partial charge is 0.327 e. The molecule has 4 amide bonds. The Morgan fingerprint density at radius 3 is 2.34 bits per heavy atom. The molecule has 1 heterocycles. The molecule has 1 aliphatic carbocycles. The number of benzene rings is 1. The molecule has 7 heteroatoms. The first-order valence-corrected chi connectivity index (χ1v) is 10.2. The van der Waals surface area contributed by atoms with Crippen LogP contribution in [0.25, 0.3) is 0 Å². The summed E-state index contributed by atoms with van der Waals surface area (Å²) >= 11 is 0. The molecule has 29 heavy (non-hydrogen) atoms. The van der Waals surface area contributed by atoms with Crippen molar-refractivity contribution in [1.29, 1.82) is 5.26 Å². The molecule has 0 unspecified atom stereocenters. The lowest BCUT2D eigenvalue weighted by Gasteiger charge is -2.35. The third-order valence-electron chi connectivity index (χ3n) is 6.16. The topological polar surface area (TPSA) is 84.7 Å². The minimum Gasteiger partial charge on any atom is -0.334 e. The number of rotatable bonds is 5. The van der Waals surface area contributed by atoms with Crippen LogP contribution in [0.2, 0.25) is 0 Å². The molecule has 0 N–H and O–H groups in total. The maximum Gasteiger partial charge on any atom is 0.327 e. The highest BCUT2D eigenvalue weighted by Crippen LogP contribution is 2.39. The lowest BCUT2D eigenvalue weighted by Crippen LogP contribution is -2.50. The molecule has 0 aromatic heterocycles. The number of imide groups is 1. The Hall–Kier alpha value is -2.88. The Kier molecular flexibility index (Phi) is 5.92. The molecule has 1 aromatic rings. The van der Waals surface area contributed by atoms with E-state index in [0.717, 1.165) is 29.7 Å². The van der Waals surface area contributed by atoms with Crippen molar-refractivity contribution in [3.8, 4) is 6.07 Å². The average Bonchev–Trinajstić information content (AvgIpc) is 2.89. The number of nitriles is 1. The van der Waals surface area contributed by atoms with Crippen molar-refractivity contribution in [2.24, 2.45) is 0 Å². The summed E-state index contributed by atoms with van der Waals surface area (Å²) in [6, 6.07) is 8.67. The van der Waals surface area contributed by atoms with Crippen molar-refractivity contribution in [2.45, 2.75) is 64.1 Å². The van der Waals surface area contributed by atoms with Crippen LogP contribution in [-0.2, 0) is 16.1 Å². The zero-order valence-corrected chi connectivity index (χ0v) is 17.4. The van der Waals surface area contributed by atoms with Crippen LogP contribution in [-0.4, -0.2) is 57.7 Å². The average molecular weight is 396 g/mol. The third kappa shape index (κ3) is 3.84. The van der Waals surface area contributed by atoms with Crippen LogP contribution in [0.15, 0.2) is 24.3 Å². The summed E-state index contributed by atoms with van der Waals surface area (Å²) in [6.45, 7) is 3.94. The van der Waals surface area contributed by atoms with Gasteiger partial charge in [0.25, 0.3) is 5.91 Å². The van der Waals surface area contributed by atoms with Crippen LogP contribution >= 0.6 is 0 Å². The molecule has 154 valence electrons. The van der Waals surface area contributed by atoms with E-state index in [9.17, 15) is 14.4 Å². The first-order valence-electron chi connectivity index (χ1n) is 10.2. The number of hydrogen-bond acceptors (Lipinski definition) is 4. The van der Waals surface area contributed by atoms with Gasteiger partial charge < -0.3 is 9.80 Å². The van der Waals surface area contributed by atoms with Crippen LogP contribution in [0.5, 0.6) is 0 Å². The van der Waals surface area contributed by atoms with E-state index in [1.807, 2.05) is 26.0 Å². The van der Waals surface area contributed by atoms with Crippen LogP contribution in [0.3, 0.4) is 0 Å². The van der Waals surface area contributed by atoms with E-state index in [0.29, 0.717) is 24.9 Å². The van der Waals surface area contributed by atoms with Crippen molar-refractivity contribution in [3.05, 3.63) is 35.4 Å². The fourth-order valence-corrected chi connectivity index (χ4v) is 4.34. The second kappa shape index (κ2) is 8.24. The molecule has 0 radical (unpaired) electrons. The summed E-state index contributed by atoms with van der Waals surface area (Å²) in [7, 11) is 1.67. The van der Waals surface area contributed by atoms with Gasteiger partial charge in [0.05, 0.1) is 11.6 Å². The van der Waals surface area contributed by atoms with Crippen molar-refractivity contribution in [2.75, 3.05) is 13.6 Å². The quantitative estimate of drug-likeness (QED) is 0.717. The summed E-state index contributed by atoms with van der Waals surface area (Å²) in [6.07, 6.45) is 4.24. The van der Waals surface area contributed by atoms with E-state index in [2.05, 4.69) is 6.07 Å². The fourth-order valence-electron chi connectivity index (χ4n) is 4.34. The van der Waals surface area contributed by atoms with Gasteiger partial charge in [-0.15, -0.1) is 0 Å². The van der Waals surface area contributed by atoms with Crippen molar-refractivity contribution >= 4 is 17.8 Å². The molecule has 1 spiro atoms. The Bertz CT molecular complexity index is 835. The summed E-state index contributed by atoms with van der Waals surface area (Å²) in [4.78, 5) is 43.3. The van der Waals surface area contributed by atoms with Gasteiger partial charge in [0.1, 0.15) is 12.1 Å². The predicted molar refractivity (Wildman–Crippen MR) is 108 cm³/mol. The number of hydrogen-bond donors (Lipinski definition) is 0. The van der Waals surface area contributed by atoms with E-state index in [4.69, 9.17) is 5.26 Å². The second-order valence-electron chi connectivity index (χ2n) is 8.25. The van der Waals surface area contributed by atoms with E-state index in [1.54, 1.807) is 29.0 Å². The maximum absolute atomic E-state index is 13.1. The third-order valence-corrected chi connectivity index (χ3v) is 6.16. The summed E-state index contributed by atoms with van der Waals surface area (Å²) in [5.41, 5.74) is 0.682. The van der Waals surface area contributed by atoms with E-state index < -0.39 is 5.54 Å². The molecule has 1 aromatic carbocycles. The zero-order chi connectivity index (χ0) is 21.2. The molecular formula is C22H28N4O3. The highest BCUT2D eigenvalue weighted by atomic mass is 16.2. The first kappa shape index (κ1) is 20.8. The number of carbonyl (C=O) groups is 3. The highest BCUT2D eigenvalue weighted by Gasteiger charge is 2.56. The number of nitrogens with zero attached hydrogens (tertiary/aromatic N) is 4. The number of carbonyl (C=O) groups excluding carboxylic acids is 3. The molecule has 3 rings (SSSR count). The lowest BCUT2D eigenvalue weighted by molar-refractivity contribution is -0.141.